The summed E-state index contributed by atoms with van der Waals surface area (Å²) in [6, 6.07) is 5.16. The first-order valence-electron chi connectivity index (χ1n) is 9.93. The van der Waals surface area contributed by atoms with Crippen LogP contribution in [0.2, 0.25) is 0 Å². The first-order valence-corrected chi connectivity index (χ1v) is 9.93. The summed E-state index contributed by atoms with van der Waals surface area (Å²) in [5, 5.41) is 5.51. The lowest BCUT2D eigenvalue weighted by atomic mass is 9.98. The zero-order valence-electron chi connectivity index (χ0n) is 17.0. The molecule has 1 heterocycles. The molecular weight excluding hydrogens is 374 g/mol. The third kappa shape index (κ3) is 4.41. The van der Waals surface area contributed by atoms with Crippen molar-refractivity contribution in [2.75, 3.05) is 11.9 Å². The highest BCUT2D eigenvalue weighted by Gasteiger charge is 2.52. The number of carbonyl (C=O) groups excluding carboxylic acids is 4. The second-order valence-electron chi connectivity index (χ2n) is 7.87. The van der Waals surface area contributed by atoms with Gasteiger partial charge in [0.2, 0.25) is 0 Å². The van der Waals surface area contributed by atoms with Crippen LogP contribution in [0.1, 0.15) is 50.2 Å². The van der Waals surface area contributed by atoms with Crippen molar-refractivity contribution >= 4 is 29.5 Å². The van der Waals surface area contributed by atoms with Gasteiger partial charge in [-0.2, -0.15) is 0 Å². The Morgan fingerprint density at radius 3 is 2.59 bits per heavy atom. The van der Waals surface area contributed by atoms with Crippen LogP contribution in [0.25, 0.3) is 0 Å². The molecule has 0 bridgehead atoms. The molecule has 3 rings (SSSR count). The van der Waals surface area contributed by atoms with Gasteiger partial charge in [-0.05, 0) is 45.2 Å². The molecule has 1 aliphatic heterocycles. The highest BCUT2D eigenvalue weighted by atomic mass is 16.5. The van der Waals surface area contributed by atoms with E-state index in [0.717, 1.165) is 28.9 Å². The number of aryl methyl sites for hydroxylation is 2. The van der Waals surface area contributed by atoms with Crippen LogP contribution < -0.4 is 10.6 Å². The van der Waals surface area contributed by atoms with Gasteiger partial charge in [-0.15, -0.1) is 0 Å². The molecule has 1 atom stereocenters. The van der Waals surface area contributed by atoms with E-state index in [9.17, 15) is 19.2 Å². The van der Waals surface area contributed by atoms with Crippen LogP contribution in [0.3, 0.4) is 0 Å². The summed E-state index contributed by atoms with van der Waals surface area (Å²) in [5.74, 6) is -1.35. The highest BCUT2D eigenvalue weighted by molar-refractivity contribution is 6.07. The van der Waals surface area contributed by atoms with E-state index < -0.39 is 29.6 Å². The van der Waals surface area contributed by atoms with Gasteiger partial charge in [0.25, 0.3) is 11.8 Å². The molecule has 4 amide bonds. The van der Waals surface area contributed by atoms with Gasteiger partial charge in [0, 0.05) is 12.2 Å². The number of nitrogens with zero attached hydrogens (tertiary/aromatic N) is 1. The Balaban J connectivity index is 1.49. The molecule has 8 heteroatoms. The SMILES string of the molecule is Cc1ccc(NC(=O)[C@@H](C)OC(=O)CCN2C(=O)NC3(CCCC3)C2=O)c(C)c1. The van der Waals surface area contributed by atoms with Gasteiger partial charge < -0.3 is 15.4 Å². The monoisotopic (exact) mass is 401 g/mol. The molecule has 2 fully saturated rings. The van der Waals surface area contributed by atoms with E-state index in [-0.39, 0.29) is 18.9 Å². The largest absolute Gasteiger partial charge is 0.452 e. The van der Waals surface area contributed by atoms with Gasteiger partial charge in [0.05, 0.1) is 6.42 Å². The summed E-state index contributed by atoms with van der Waals surface area (Å²) in [7, 11) is 0. The van der Waals surface area contributed by atoms with E-state index >= 15 is 0 Å². The van der Waals surface area contributed by atoms with E-state index in [4.69, 9.17) is 4.74 Å². The van der Waals surface area contributed by atoms with Crippen LogP contribution in [0.15, 0.2) is 18.2 Å². The lowest BCUT2D eigenvalue weighted by molar-refractivity contribution is -0.153. The maximum absolute atomic E-state index is 12.6. The number of rotatable bonds is 6. The Morgan fingerprint density at radius 2 is 1.93 bits per heavy atom. The average molecular weight is 401 g/mol. The summed E-state index contributed by atoms with van der Waals surface area (Å²) >= 11 is 0. The standard InChI is InChI=1S/C21H27N3O5/c1-13-6-7-16(14(2)12-13)22-18(26)15(3)29-17(25)8-11-24-19(27)21(23-20(24)28)9-4-5-10-21/h6-7,12,15H,4-5,8-11H2,1-3H3,(H,22,26)(H,23,28)/t15-/m1/s1. The maximum Gasteiger partial charge on any atom is 0.325 e. The Bertz CT molecular complexity index is 845. The predicted octanol–water partition coefficient (Wildman–Crippen LogP) is 2.43. The summed E-state index contributed by atoms with van der Waals surface area (Å²) in [6.07, 6.45) is 1.91. The van der Waals surface area contributed by atoms with Crippen molar-refractivity contribution in [2.45, 2.75) is 64.5 Å². The van der Waals surface area contributed by atoms with E-state index in [1.165, 1.54) is 6.92 Å². The van der Waals surface area contributed by atoms with Crippen LogP contribution in [0.4, 0.5) is 10.5 Å². The minimum Gasteiger partial charge on any atom is -0.452 e. The van der Waals surface area contributed by atoms with Crippen molar-refractivity contribution in [1.29, 1.82) is 0 Å². The fourth-order valence-electron chi connectivity index (χ4n) is 3.90. The molecule has 8 nitrogen and oxygen atoms in total. The number of ether oxygens (including phenoxy) is 1. The number of hydrogen-bond acceptors (Lipinski definition) is 5. The lowest BCUT2D eigenvalue weighted by Crippen LogP contribution is -2.44. The summed E-state index contributed by atoms with van der Waals surface area (Å²) < 4.78 is 5.17. The molecule has 1 aliphatic carbocycles. The quantitative estimate of drug-likeness (QED) is 0.563. The van der Waals surface area contributed by atoms with Crippen LogP contribution in [0, 0.1) is 13.8 Å². The van der Waals surface area contributed by atoms with Crippen molar-refractivity contribution in [1.82, 2.24) is 10.2 Å². The van der Waals surface area contributed by atoms with Crippen molar-refractivity contribution < 1.29 is 23.9 Å². The Labute approximate surface area is 170 Å². The van der Waals surface area contributed by atoms with E-state index in [2.05, 4.69) is 10.6 Å². The number of amides is 4. The number of imide groups is 1. The number of anilines is 1. The third-order valence-electron chi connectivity index (χ3n) is 5.56. The second kappa shape index (κ2) is 8.23. The van der Waals surface area contributed by atoms with Crippen LogP contribution >= 0.6 is 0 Å². The predicted molar refractivity (Wildman–Crippen MR) is 106 cm³/mol. The Morgan fingerprint density at radius 1 is 1.24 bits per heavy atom. The van der Waals surface area contributed by atoms with Crippen molar-refractivity contribution in [3.63, 3.8) is 0 Å². The van der Waals surface area contributed by atoms with Gasteiger partial charge in [-0.1, -0.05) is 30.5 Å². The van der Waals surface area contributed by atoms with Crippen LogP contribution in [-0.2, 0) is 19.1 Å². The number of nitrogens with one attached hydrogen (secondary N) is 2. The van der Waals surface area contributed by atoms with Crippen LogP contribution in [0.5, 0.6) is 0 Å². The first kappa shape index (κ1) is 20.8. The van der Waals surface area contributed by atoms with E-state index in [1.54, 1.807) is 6.07 Å². The zero-order valence-corrected chi connectivity index (χ0v) is 17.0. The second-order valence-corrected chi connectivity index (χ2v) is 7.87. The number of urea groups is 1. The molecule has 156 valence electrons. The smallest absolute Gasteiger partial charge is 0.325 e. The molecule has 1 aromatic rings. The molecular formula is C21H27N3O5. The van der Waals surface area contributed by atoms with Gasteiger partial charge in [-0.3, -0.25) is 19.3 Å². The normalized spacial score (nSPS) is 18.7. The molecule has 1 saturated carbocycles. The fourth-order valence-corrected chi connectivity index (χ4v) is 3.90. The van der Waals surface area contributed by atoms with E-state index in [1.807, 2.05) is 26.0 Å². The molecule has 2 aliphatic rings. The van der Waals surface area contributed by atoms with Crippen LogP contribution in [-0.4, -0.2) is 46.9 Å². The summed E-state index contributed by atoms with van der Waals surface area (Å²) in [6.45, 7) is 5.27. The lowest BCUT2D eigenvalue weighted by Gasteiger charge is -2.20. The highest BCUT2D eigenvalue weighted by Crippen LogP contribution is 2.35. The number of carbonyl (C=O) groups is 4. The fraction of sp³-hybridized carbons (Fsp3) is 0.524. The molecule has 1 aromatic carbocycles. The number of esters is 1. The summed E-state index contributed by atoms with van der Waals surface area (Å²) in [5.41, 5.74) is 1.86. The minimum absolute atomic E-state index is 0.0589. The van der Waals surface area contributed by atoms with E-state index in [0.29, 0.717) is 18.5 Å². The van der Waals surface area contributed by atoms with Gasteiger partial charge in [0.15, 0.2) is 6.10 Å². The topological polar surface area (TPSA) is 105 Å². The first-order chi connectivity index (χ1) is 13.7. The molecule has 0 radical (unpaired) electrons. The number of hydrogen-bond donors (Lipinski definition) is 2. The Hall–Kier alpha value is -2.90. The molecule has 29 heavy (non-hydrogen) atoms. The molecule has 1 spiro atoms. The Kier molecular flexibility index (Phi) is 5.91. The summed E-state index contributed by atoms with van der Waals surface area (Å²) in [4.78, 5) is 50.2. The number of benzene rings is 1. The van der Waals surface area contributed by atoms with Crippen molar-refractivity contribution in [3.05, 3.63) is 29.3 Å². The van der Waals surface area contributed by atoms with Crippen molar-refractivity contribution in [2.24, 2.45) is 0 Å². The molecule has 2 N–H and O–H groups in total. The molecule has 1 saturated heterocycles. The average Bonchev–Trinajstić information content (AvgIpc) is 3.21. The maximum atomic E-state index is 12.6. The zero-order chi connectivity index (χ0) is 21.2. The van der Waals surface area contributed by atoms with Gasteiger partial charge in [-0.25, -0.2) is 4.79 Å². The molecule has 0 aromatic heterocycles. The van der Waals surface area contributed by atoms with Gasteiger partial charge >= 0.3 is 12.0 Å². The third-order valence-corrected chi connectivity index (χ3v) is 5.56. The molecule has 0 unspecified atom stereocenters. The van der Waals surface area contributed by atoms with Gasteiger partial charge in [0.1, 0.15) is 5.54 Å². The van der Waals surface area contributed by atoms with Crippen molar-refractivity contribution in [3.8, 4) is 0 Å². The minimum atomic E-state index is -0.993.